The van der Waals surface area contributed by atoms with Gasteiger partial charge in [0.25, 0.3) is 0 Å². The number of halogens is 2. The van der Waals surface area contributed by atoms with Crippen molar-refractivity contribution in [3.05, 3.63) is 26.8 Å². The van der Waals surface area contributed by atoms with Crippen LogP contribution < -0.4 is 11.1 Å². The number of hydrogen-bond acceptors (Lipinski definition) is 2. The first-order valence-corrected chi connectivity index (χ1v) is 7.08. The van der Waals surface area contributed by atoms with Crippen molar-refractivity contribution in [3.8, 4) is 0 Å². The third-order valence-corrected chi connectivity index (χ3v) is 4.36. The van der Waals surface area contributed by atoms with Gasteiger partial charge in [-0.1, -0.05) is 18.0 Å². The molecule has 1 fully saturated rings. The molecule has 0 aromatic heterocycles. The summed E-state index contributed by atoms with van der Waals surface area (Å²) in [5.41, 5.74) is 6.95. The largest absolute Gasteiger partial charge is 0.381 e. The number of nitrogens with one attached hydrogen (secondary N) is 1. The standard InChI is InChI=1S/C12H16ClIN2/c13-9-4-5-12(10(14)6-9)16-11-3-1-2-8(11)7-15/h4-6,8,11,16H,1-3,7,15H2. The van der Waals surface area contributed by atoms with Gasteiger partial charge >= 0.3 is 0 Å². The average Bonchev–Trinajstić information content (AvgIpc) is 2.69. The molecule has 1 aliphatic rings. The van der Waals surface area contributed by atoms with E-state index in [2.05, 4.69) is 34.0 Å². The van der Waals surface area contributed by atoms with Crippen LogP contribution in [0.3, 0.4) is 0 Å². The molecule has 2 nitrogen and oxygen atoms in total. The van der Waals surface area contributed by atoms with Gasteiger partial charge in [-0.15, -0.1) is 0 Å². The van der Waals surface area contributed by atoms with Crippen LogP contribution in [0.4, 0.5) is 5.69 Å². The lowest BCUT2D eigenvalue weighted by molar-refractivity contribution is 0.516. The normalized spacial score (nSPS) is 24.7. The van der Waals surface area contributed by atoms with Crippen LogP contribution >= 0.6 is 34.2 Å². The van der Waals surface area contributed by atoms with E-state index in [1.807, 2.05) is 12.1 Å². The summed E-state index contributed by atoms with van der Waals surface area (Å²) in [6, 6.07) is 6.49. The molecule has 0 radical (unpaired) electrons. The molecule has 2 unspecified atom stereocenters. The lowest BCUT2D eigenvalue weighted by Crippen LogP contribution is -2.29. The zero-order valence-electron chi connectivity index (χ0n) is 9.05. The molecule has 3 N–H and O–H groups in total. The maximum absolute atomic E-state index is 5.94. The highest BCUT2D eigenvalue weighted by atomic mass is 127. The van der Waals surface area contributed by atoms with Gasteiger partial charge in [0.1, 0.15) is 0 Å². The van der Waals surface area contributed by atoms with Gasteiger partial charge in [-0.05, 0) is 66.1 Å². The Hall–Kier alpha value is -0.000000000000000111. The summed E-state index contributed by atoms with van der Waals surface area (Å²) in [5, 5.41) is 4.38. The van der Waals surface area contributed by atoms with E-state index in [0.717, 1.165) is 11.6 Å². The van der Waals surface area contributed by atoms with Crippen LogP contribution in [0, 0.1) is 9.49 Å². The Morgan fingerprint density at radius 2 is 2.25 bits per heavy atom. The van der Waals surface area contributed by atoms with Crippen molar-refractivity contribution in [1.82, 2.24) is 0 Å². The van der Waals surface area contributed by atoms with Crippen LogP contribution in [0.2, 0.25) is 5.02 Å². The molecule has 16 heavy (non-hydrogen) atoms. The predicted molar refractivity (Wildman–Crippen MR) is 78.0 cm³/mol. The van der Waals surface area contributed by atoms with Crippen molar-refractivity contribution < 1.29 is 0 Å². The van der Waals surface area contributed by atoms with E-state index >= 15 is 0 Å². The van der Waals surface area contributed by atoms with Crippen LogP contribution in [0.15, 0.2) is 18.2 Å². The van der Waals surface area contributed by atoms with Gasteiger partial charge in [0.15, 0.2) is 0 Å². The average molecular weight is 351 g/mol. The summed E-state index contributed by atoms with van der Waals surface area (Å²) in [6.45, 7) is 0.780. The molecule has 0 spiro atoms. The van der Waals surface area contributed by atoms with Crippen LogP contribution in [0.5, 0.6) is 0 Å². The fraction of sp³-hybridized carbons (Fsp3) is 0.500. The third-order valence-electron chi connectivity index (χ3n) is 3.23. The molecule has 2 atom stereocenters. The summed E-state index contributed by atoms with van der Waals surface area (Å²) >= 11 is 8.25. The Kier molecular flexibility index (Phi) is 4.33. The third kappa shape index (κ3) is 2.81. The highest BCUT2D eigenvalue weighted by Gasteiger charge is 2.26. The summed E-state index contributed by atoms with van der Waals surface area (Å²) in [7, 11) is 0. The number of anilines is 1. The summed E-state index contributed by atoms with van der Waals surface area (Å²) in [6.07, 6.45) is 3.75. The topological polar surface area (TPSA) is 38.0 Å². The van der Waals surface area contributed by atoms with Crippen molar-refractivity contribution >= 4 is 39.9 Å². The van der Waals surface area contributed by atoms with Crippen LogP contribution in [-0.4, -0.2) is 12.6 Å². The maximum atomic E-state index is 5.94. The van der Waals surface area contributed by atoms with Gasteiger partial charge in [-0.3, -0.25) is 0 Å². The molecule has 1 aromatic carbocycles. The quantitative estimate of drug-likeness (QED) is 0.819. The van der Waals surface area contributed by atoms with Crippen LogP contribution in [0.1, 0.15) is 19.3 Å². The lowest BCUT2D eigenvalue weighted by atomic mass is 10.0. The van der Waals surface area contributed by atoms with Gasteiger partial charge in [0.05, 0.1) is 0 Å². The Balaban J connectivity index is 2.08. The van der Waals surface area contributed by atoms with E-state index in [0.29, 0.717) is 12.0 Å². The monoisotopic (exact) mass is 350 g/mol. The lowest BCUT2D eigenvalue weighted by Gasteiger charge is -2.21. The molecule has 1 aliphatic carbocycles. The van der Waals surface area contributed by atoms with Gasteiger partial charge in [-0.2, -0.15) is 0 Å². The molecule has 2 rings (SSSR count). The Morgan fingerprint density at radius 1 is 1.44 bits per heavy atom. The minimum atomic E-state index is 0.527. The van der Waals surface area contributed by atoms with Crippen molar-refractivity contribution in [2.45, 2.75) is 25.3 Å². The molecule has 1 saturated carbocycles. The number of benzene rings is 1. The molecule has 0 saturated heterocycles. The molecular formula is C12H16ClIN2. The molecule has 88 valence electrons. The number of rotatable bonds is 3. The van der Waals surface area contributed by atoms with E-state index in [1.54, 1.807) is 0 Å². The zero-order valence-corrected chi connectivity index (χ0v) is 12.0. The molecular weight excluding hydrogens is 335 g/mol. The highest BCUT2D eigenvalue weighted by Crippen LogP contribution is 2.30. The van der Waals surface area contributed by atoms with E-state index in [4.69, 9.17) is 17.3 Å². The van der Waals surface area contributed by atoms with E-state index in [1.165, 1.54) is 28.5 Å². The van der Waals surface area contributed by atoms with Crippen molar-refractivity contribution in [3.63, 3.8) is 0 Å². The van der Waals surface area contributed by atoms with Crippen LogP contribution in [-0.2, 0) is 0 Å². The van der Waals surface area contributed by atoms with Gasteiger partial charge in [0.2, 0.25) is 0 Å². The maximum Gasteiger partial charge on any atom is 0.0479 e. The molecule has 0 amide bonds. The molecule has 0 bridgehead atoms. The Bertz CT molecular complexity index is 370. The summed E-state index contributed by atoms with van der Waals surface area (Å²) in [5.74, 6) is 0.617. The predicted octanol–water partition coefficient (Wildman–Crippen LogP) is 3.48. The van der Waals surface area contributed by atoms with Crippen molar-refractivity contribution in [2.24, 2.45) is 11.7 Å². The second kappa shape index (κ2) is 5.56. The van der Waals surface area contributed by atoms with Crippen LogP contribution in [0.25, 0.3) is 0 Å². The molecule has 0 aliphatic heterocycles. The minimum absolute atomic E-state index is 0.527. The number of nitrogens with two attached hydrogens (primary N) is 1. The van der Waals surface area contributed by atoms with Crippen molar-refractivity contribution in [2.75, 3.05) is 11.9 Å². The van der Waals surface area contributed by atoms with Gasteiger partial charge < -0.3 is 11.1 Å². The second-order valence-electron chi connectivity index (χ2n) is 4.30. The fourth-order valence-corrected chi connectivity index (χ4v) is 3.34. The SMILES string of the molecule is NCC1CCCC1Nc1ccc(Cl)cc1I. The summed E-state index contributed by atoms with van der Waals surface area (Å²) in [4.78, 5) is 0. The molecule has 0 heterocycles. The fourth-order valence-electron chi connectivity index (χ4n) is 2.32. The second-order valence-corrected chi connectivity index (χ2v) is 5.90. The number of hydrogen-bond donors (Lipinski definition) is 2. The Labute approximate surface area is 115 Å². The Morgan fingerprint density at radius 3 is 2.94 bits per heavy atom. The first kappa shape index (κ1) is 12.5. The first-order chi connectivity index (χ1) is 7.70. The minimum Gasteiger partial charge on any atom is -0.381 e. The van der Waals surface area contributed by atoms with Gasteiger partial charge in [-0.25, -0.2) is 0 Å². The van der Waals surface area contributed by atoms with E-state index in [9.17, 15) is 0 Å². The van der Waals surface area contributed by atoms with Crippen molar-refractivity contribution in [1.29, 1.82) is 0 Å². The van der Waals surface area contributed by atoms with E-state index < -0.39 is 0 Å². The highest BCUT2D eigenvalue weighted by molar-refractivity contribution is 14.1. The van der Waals surface area contributed by atoms with Gasteiger partial charge in [0, 0.05) is 20.3 Å². The smallest absolute Gasteiger partial charge is 0.0479 e. The summed E-state index contributed by atoms with van der Waals surface area (Å²) < 4.78 is 1.17. The molecule has 1 aromatic rings. The molecule has 4 heteroatoms. The first-order valence-electron chi connectivity index (χ1n) is 5.62. The zero-order chi connectivity index (χ0) is 11.5. The van der Waals surface area contributed by atoms with E-state index in [-0.39, 0.29) is 0 Å².